The lowest BCUT2D eigenvalue weighted by Crippen LogP contribution is -2.36. The summed E-state index contributed by atoms with van der Waals surface area (Å²) < 4.78 is 14.9. The van der Waals surface area contributed by atoms with E-state index in [1.54, 1.807) is 22.9 Å². The maximum atomic E-state index is 13.5. The van der Waals surface area contributed by atoms with Gasteiger partial charge in [0, 0.05) is 12.1 Å². The van der Waals surface area contributed by atoms with Crippen molar-refractivity contribution in [3.8, 4) is 0 Å². The van der Waals surface area contributed by atoms with E-state index in [9.17, 15) is 9.18 Å². The predicted octanol–water partition coefficient (Wildman–Crippen LogP) is 3.24. The molecule has 1 aromatic heterocycles. The fraction of sp³-hybridized carbons (Fsp3) is 0.238. The third-order valence-electron chi connectivity index (χ3n) is 4.76. The Bertz CT molecular complexity index is 997. The molecule has 2 aromatic carbocycles. The van der Waals surface area contributed by atoms with Gasteiger partial charge in [0.25, 0.3) is 5.91 Å². The number of carbonyl (C=O) groups excluding carboxylic acids is 1. The van der Waals surface area contributed by atoms with Crippen LogP contribution in [0.5, 0.6) is 0 Å². The van der Waals surface area contributed by atoms with Gasteiger partial charge in [0.2, 0.25) is 0 Å². The second-order valence-electron chi connectivity index (χ2n) is 6.73. The van der Waals surface area contributed by atoms with E-state index < -0.39 is 0 Å². The molecule has 7 heteroatoms. The van der Waals surface area contributed by atoms with Crippen molar-refractivity contribution < 1.29 is 9.18 Å². The zero-order valence-electron chi connectivity index (χ0n) is 15.5. The molecular weight excluding hydrogens is 357 g/mol. The summed E-state index contributed by atoms with van der Waals surface area (Å²) in [5.74, 6) is 0.247. The molecule has 1 aliphatic heterocycles. The molecule has 0 saturated heterocycles. The number of hydrogen-bond acceptors (Lipinski definition) is 4. The van der Waals surface area contributed by atoms with Gasteiger partial charge in [0.05, 0.1) is 6.54 Å². The van der Waals surface area contributed by atoms with E-state index in [2.05, 4.69) is 15.5 Å². The number of amides is 1. The summed E-state index contributed by atoms with van der Waals surface area (Å²) in [5.41, 5.74) is 2.28. The van der Waals surface area contributed by atoms with Crippen molar-refractivity contribution in [2.75, 3.05) is 6.54 Å². The average molecular weight is 377 g/mol. The molecule has 0 saturated carbocycles. The van der Waals surface area contributed by atoms with Gasteiger partial charge in [-0.3, -0.25) is 4.79 Å². The summed E-state index contributed by atoms with van der Waals surface area (Å²) in [6.45, 7) is 2.88. The number of rotatable bonds is 4. The van der Waals surface area contributed by atoms with Gasteiger partial charge in [-0.05, 0) is 46.2 Å². The van der Waals surface area contributed by atoms with Gasteiger partial charge >= 0.3 is 0 Å². The second kappa shape index (κ2) is 7.72. The summed E-state index contributed by atoms with van der Waals surface area (Å²) in [6, 6.07) is 15.5. The minimum atomic E-state index is -0.359. The third kappa shape index (κ3) is 3.43. The largest absolute Gasteiger partial charge is 0.324 e. The lowest BCUT2D eigenvalue weighted by molar-refractivity contribution is -0.128. The first-order valence-corrected chi connectivity index (χ1v) is 9.25. The fourth-order valence-corrected chi connectivity index (χ4v) is 3.49. The van der Waals surface area contributed by atoms with Gasteiger partial charge in [-0.2, -0.15) is 0 Å². The molecule has 1 aliphatic rings. The van der Waals surface area contributed by atoms with Gasteiger partial charge < -0.3 is 4.90 Å². The molecule has 3 aromatic rings. The highest BCUT2D eigenvalue weighted by molar-refractivity contribution is 5.98. The number of halogens is 1. The Hall–Kier alpha value is -3.35. The van der Waals surface area contributed by atoms with Crippen LogP contribution in [0.3, 0.4) is 0 Å². The molecule has 28 heavy (non-hydrogen) atoms. The van der Waals surface area contributed by atoms with Crippen LogP contribution >= 0.6 is 0 Å². The Kier molecular flexibility index (Phi) is 4.97. The highest BCUT2D eigenvalue weighted by atomic mass is 19.1. The number of aromatic nitrogens is 4. The number of benzene rings is 2. The molecule has 2 heterocycles. The van der Waals surface area contributed by atoms with Crippen molar-refractivity contribution in [2.24, 2.45) is 0 Å². The number of carbonyl (C=O) groups is 1. The summed E-state index contributed by atoms with van der Waals surface area (Å²) in [5, 5.41) is 12.2. The third-order valence-corrected chi connectivity index (χ3v) is 4.76. The topological polar surface area (TPSA) is 63.9 Å². The normalized spacial score (nSPS) is 18.2. The Morgan fingerprint density at radius 3 is 2.61 bits per heavy atom. The van der Waals surface area contributed by atoms with Crippen LogP contribution in [-0.2, 0) is 11.3 Å². The van der Waals surface area contributed by atoms with Crippen LogP contribution < -0.4 is 0 Å². The molecule has 1 unspecified atom stereocenters. The van der Waals surface area contributed by atoms with E-state index in [0.29, 0.717) is 17.9 Å². The maximum absolute atomic E-state index is 13.5. The average Bonchev–Trinajstić information content (AvgIpc) is 3.13. The molecule has 1 amide bonds. The molecule has 0 fully saturated rings. The monoisotopic (exact) mass is 377 g/mol. The molecule has 1 atom stereocenters. The second-order valence-corrected chi connectivity index (χ2v) is 6.73. The highest BCUT2D eigenvalue weighted by Gasteiger charge is 2.35. The van der Waals surface area contributed by atoms with E-state index in [0.717, 1.165) is 17.5 Å². The smallest absolute Gasteiger partial charge is 0.252 e. The lowest BCUT2D eigenvalue weighted by atomic mass is 10.0. The first kappa shape index (κ1) is 18.0. The highest BCUT2D eigenvalue weighted by Crippen LogP contribution is 2.32. The molecule has 4 rings (SSSR count). The standard InChI is InChI=1S/C21H20FN5O/c1-2-12-26-19(16-6-4-3-5-7-16)20-23-24-25-27(20)14-17(21(26)28)13-15-8-10-18(22)11-9-15/h3-11,13,19H,2,12,14H2,1H3/b17-13-. The van der Waals surface area contributed by atoms with Gasteiger partial charge in [-0.1, -0.05) is 49.4 Å². The molecule has 142 valence electrons. The van der Waals surface area contributed by atoms with E-state index in [1.165, 1.54) is 12.1 Å². The zero-order valence-corrected chi connectivity index (χ0v) is 15.5. The Morgan fingerprint density at radius 2 is 1.89 bits per heavy atom. The minimum Gasteiger partial charge on any atom is -0.324 e. The lowest BCUT2D eigenvalue weighted by Gasteiger charge is -2.29. The number of fused-ring (bicyclic) bond motifs is 1. The maximum Gasteiger partial charge on any atom is 0.252 e. The SMILES string of the molecule is CCCN1C(=O)/C(=C\c2ccc(F)cc2)Cn2nnnc2C1c1ccccc1. The molecule has 0 spiro atoms. The molecule has 0 radical (unpaired) electrons. The van der Waals surface area contributed by atoms with Crippen molar-refractivity contribution >= 4 is 12.0 Å². The van der Waals surface area contributed by atoms with Crippen molar-refractivity contribution in [2.45, 2.75) is 25.9 Å². The van der Waals surface area contributed by atoms with Crippen LogP contribution in [0, 0.1) is 5.82 Å². The molecule has 0 bridgehead atoms. The van der Waals surface area contributed by atoms with Gasteiger partial charge in [0.1, 0.15) is 11.9 Å². The van der Waals surface area contributed by atoms with Crippen molar-refractivity contribution in [1.29, 1.82) is 0 Å². The van der Waals surface area contributed by atoms with Crippen LogP contribution in [0.25, 0.3) is 6.08 Å². The van der Waals surface area contributed by atoms with Crippen LogP contribution in [0.4, 0.5) is 4.39 Å². The van der Waals surface area contributed by atoms with E-state index >= 15 is 0 Å². The van der Waals surface area contributed by atoms with Crippen LogP contribution in [-0.4, -0.2) is 37.6 Å². The molecular formula is C21H20FN5O. The summed E-state index contributed by atoms with van der Waals surface area (Å²) in [6.07, 6.45) is 2.59. The fourth-order valence-electron chi connectivity index (χ4n) is 3.49. The number of nitrogens with zero attached hydrogens (tertiary/aromatic N) is 5. The van der Waals surface area contributed by atoms with Gasteiger partial charge in [0.15, 0.2) is 5.82 Å². The quantitative estimate of drug-likeness (QED) is 0.655. The van der Waals surface area contributed by atoms with Gasteiger partial charge in [-0.15, -0.1) is 5.10 Å². The Morgan fingerprint density at radius 1 is 1.14 bits per heavy atom. The van der Waals surface area contributed by atoms with Crippen molar-refractivity contribution in [3.05, 3.63) is 82.9 Å². The first-order valence-electron chi connectivity index (χ1n) is 9.25. The summed E-state index contributed by atoms with van der Waals surface area (Å²) in [4.78, 5) is 15.3. The van der Waals surface area contributed by atoms with Crippen molar-refractivity contribution in [1.82, 2.24) is 25.1 Å². The zero-order chi connectivity index (χ0) is 19.5. The number of hydrogen-bond donors (Lipinski definition) is 0. The number of tetrazole rings is 1. The van der Waals surface area contributed by atoms with E-state index in [4.69, 9.17) is 0 Å². The summed E-state index contributed by atoms with van der Waals surface area (Å²) >= 11 is 0. The van der Waals surface area contributed by atoms with Gasteiger partial charge in [-0.25, -0.2) is 9.07 Å². The minimum absolute atomic E-state index is 0.0765. The molecule has 0 aliphatic carbocycles. The van der Waals surface area contributed by atoms with Crippen LogP contribution in [0.15, 0.2) is 60.2 Å². The molecule has 6 nitrogen and oxygen atoms in total. The predicted molar refractivity (Wildman–Crippen MR) is 102 cm³/mol. The summed E-state index contributed by atoms with van der Waals surface area (Å²) in [7, 11) is 0. The Labute approximate surface area is 162 Å². The van der Waals surface area contributed by atoms with Crippen LogP contribution in [0.2, 0.25) is 0 Å². The van der Waals surface area contributed by atoms with E-state index in [1.807, 2.05) is 42.2 Å². The van der Waals surface area contributed by atoms with Crippen molar-refractivity contribution in [3.63, 3.8) is 0 Å². The van der Waals surface area contributed by atoms with Crippen LogP contribution in [0.1, 0.15) is 36.3 Å². The molecule has 0 N–H and O–H groups in total. The Balaban J connectivity index is 1.82. The van der Waals surface area contributed by atoms with E-state index in [-0.39, 0.29) is 24.3 Å². The first-order chi connectivity index (χ1) is 13.7.